The van der Waals surface area contributed by atoms with Crippen LogP contribution in [-0.2, 0) is 10.0 Å². The predicted octanol–water partition coefficient (Wildman–Crippen LogP) is 4.08. The lowest BCUT2D eigenvalue weighted by molar-refractivity contribution is 0.102. The van der Waals surface area contributed by atoms with Crippen LogP contribution in [0.3, 0.4) is 0 Å². The first-order chi connectivity index (χ1) is 12.4. The van der Waals surface area contributed by atoms with E-state index in [0.29, 0.717) is 29.4 Å². The van der Waals surface area contributed by atoms with Crippen molar-refractivity contribution in [3.8, 4) is 0 Å². The summed E-state index contributed by atoms with van der Waals surface area (Å²) in [5, 5.41) is 3.31. The minimum Gasteiger partial charge on any atom is -0.322 e. The average molecular weight is 393 g/mol. The van der Waals surface area contributed by atoms with Gasteiger partial charge in [0.1, 0.15) is 0 Å². The lowest BCUT2D eigenvalue weighted by Crippen LogP contribution is -2.35. The van der Waals surface area contributed by atoms with E-state index in [9.17, 15) is 13.2 Å². The van der Waals surface area contributed by atoms with Crippen LogP contribution in [0.5, 0.6) is 0 Å². The lowest BCUT2D eigenvalue weighted by atomic mass is 10.2. The molecule has 1 aliphatic heterocycles. The van der Waals surface area contributed by atoms with Crippen LogP contribution in [0.1, 0.15) is 35.2 Å². The summed E-state index contributed by atoms with van der Waals surface area (Å²) in [7, 11) is -3.57. The summed E-state index contributed by atoms with van der Waals surface area (Å²) >= 11 is 6.08. The van der Waals surface area contributed by atoms with Crippen LogP contribution in [0, 0.1) is 6.92 Å². The molecule has 0 bridgehead atoms. The highest BCUT2D eigenvalue weighted by molar-refractivity contribution is 7.89. The molecular weight excluding hydrogens is 372 g/mol. The first-order valence-corrected chi connectivity index (χ1v) is 10.4. The summed E-state index contributed by atoms with van der Waals surface area (Å²) in [6.45, 7) is 2.93. The molecule has 1 amide bonds. The van der Waals surface area contributed by atoms with Gasteiger partial charge in [-0.25, -0.2) is 8.42 Å². The zero-order chi connectivity index (χ0) is 18.7. The molecule has 1 heterocycles. The molecule has 0 aromatic heterocycles. The zero-order valence-corrected chi connectivity index (χ0v) is 16.1. The molecular formula is C19H21ClN2O3S. The van der Waals surface area contributed by atoms with Crippen LogP contribution in [0.25, 0.3) is 0 Å². The van der Waals surface area contributed by atoms with Crippen LogP contribution < -0.4 is 5.32 Å². The fourth-order valence-corrected chi connectivity index (χ4v) is 4.67. The quantitative estimate of drug-likeness (QED) is 0.852. The Labute approximate surface area is 159 Å². The molecule has 2 aromatic rings. The third-order valence-electron chi connectivity index (χ3n) is 4.48. The highest BCUT2D eigenvalue weighted by atomic mass is 35.5. The molecule has 0 aliphatic carbocycles. The molecule has 0 unspecified atom stereocenters. The van der Waals surface area contributed by atoms with Crippen molar-refractivity contribution in [2.45, 2.75) is 31.1 Å². The minimum atomic E-state index is -3.57. The van der Waals surface area contributed by atoms with Gasteiger partial charge in [0.25, 0.3) is 5.91 Å². The Hall–Kier alpha value is -1.89. The Morgan fingerprint density at radius 3 is 2.50 bits per heavy atom. The van der Waals surface area contributed by atoms with Gasteiger partial charge in [-0.3, -0.25) is 4.79 Å². The molecule has 138 valence electrons. The van der Waals surface area contributed by atoms with Crippen molar-refractivity contribution in [1.82, 2.24) is 4.31 Å². The van der Waals surface area contributed by atoms with Crippen molar-refractivity contribution in [1.29, 1.82) is 0 Å². The number of sulfonamides is 1. The summed E-state index contributed by atoms with van der Waals surface area (Å²) in [4.78, 5) is 12.7. The number of rotatable bonds is 4. The van der Waals surface area contributed by atoms with Gasteiger partial charge in [0.15, 0.2) is 0 Å². The average Bonchev–Trinajstić information content (AvgIpc) is 2.65. The number of amides is 1. The predicted molar refractivity (Wildman–Crippen MR) is 103 cm³/mol. The Morgan fingerprint density at radius 1 is 1.08 bits per heavy atom. The number of hydrogen-bond donors (Lipinski definition) is 1. The van der Waals surface area contributed by atoms with Crippen molar-refractivity contribution in [2.24, 2.45) is 0 Å². The number of nitrogens with one attached hydrogen (secondary N) is 1. The highest BCUT2D eigenvalue weighted by Gasteiger charge is 2.26. The Kier molecular flexibility index (Phi) is 5.65. The van der Waals surface area contributed by atoms with Gasteiger partial charge >= 0.3 is 0 Å². The number of anilines is 1. The molecule has 1 N–H and O–H groups in total. The smallest absolute Gasteiger partial charge is 0.255 e. The fourth-order valence-electron chi connectivity index (χ4n) is 2.93. The Bertz CT molecular complexity index is 922. The van der Waals surface area contributed by atoms with Crippen molar-refractivity contribution in [3.05, 3.63) is 58.6 Å². The van der Waals surface area contributed by atoms with Gasteiger partial charge in [0.2, 0.25) is 10.0 Å². The van der Waals surface area contributed by atoms with E-state index < -0.39 is 10.0 Å². The number of nitrogens with zero attached hydrogens (tertiary/aromatic N) is 1. The van der Waals surface area contributed by atoms with Gasteiger partial charge in [0, 0.05) is 29.4 Å². The largest absolute Gasteiger partial charge is 0.322 e. The van der Waals surface area contributed by atoms with E-state index in [-0.39, 0.29) is 10.8 Å². The molecule has 0 saturated carbocycles. The molecule has 26 heavy (non-hydrogen) atoms. The van der Waals surface area contributed by atoms with Crippen LogP contribution in [0.2, 0.25) is 5.02 Å². The molecule has 0 atom stereocenters. The van der Waals surface area contributed by atoms with E-state index in [1.807, 2.05) is 13.0 Å². The van der Waals surface area contributed by atoms with E-state index in [0.717, 1.165) is 24.8 Å². The van der Waals surface area contributed by atoms with Crippen molar-refractivity contribution in [3.63, 3.8) is 0 Å². The highest BCUT2D eigenvalue weighted by Crippen LogP contribution is 2.23. The summed E-state index contributed by atoms with van der Waals surface area (Å²) in [6.07, 6.45) is 2.79. The number of halogens is 1. The lowest BCUT2D eigenvalue weighted by Gasteiger charge is -2.26. The Balaban J connectivity index is 1.82. The fraction of sp³-hybridized carbons (Fsp3) is 0.316. The molecule has 5 nitrogen and oxygen atoms in total. The van der Waals surface area contributed by atoms with E-state index in [4.69, 9.17) is 11.6 Å². The maximum Gasteiger partial charge on any atom is 0.255 e. The van der Waals surface area contributed by atoms with Gasteiger partial charge in [-0.2, -0.15) is 4.31 Å². The van der Waals surface area contributed by atoms with Gasteiger partial charge in [0.05, 0.1) is 4.90 Å². The molecule has 3 rings (SSSR count). The summed E-state index contributed by atoms with van der Waals surface area (Å²) in [5.74, 6) is -0.374. The second-order valence-electron chi connectivity index (χ2n) is 6.41. The molecule has 7 heteroatoms. The number of carbonyl (C=O) groups excluding carboxylic acids is 1. The second kappa shape index (κ2) is 7.78. The normalized spacial score (nSPS) is 15.6. The third kappa shape index (κ3) is 4.09. The maximum absolute atomic E-state index is 12.8. The first kappa shape index (κ1) is 18.9. The third-order valence-corrected chi connectivity index (χ3v) is 6.78. The van der Waals surface area contributed by atoms with Crippen LogP contribution in [-0.4, -0.2) is 31.7 Å². The van der Waals surface area contributed by atoms with Gasteiger partial charge < -0.3 is 5.32 Å². The van der Waals surface area contributed by atoms with Crippen LogP contribution >= 0.6 is 11.6 Å². The number of hydrogen-bond acceptors (Lipinski definition) is 3. The molecule has 1 aliphatic rings. The van der Waals surface area contributed by atoms with E-state index >= 15 is 0 Å². The number of carbonyl (C=O) groups is 1. The first-order valence-electron chi connectivity index (χ1n) is 8.55. The van der Waals surface area contributed by atoms with E-state index in [1.165, 1.54) is 16.4 Å². The van der Waals surface area contributed by atoms with Crippen molar-refractivity contribution < 1.29 is 13.2 Å². The summed E-state index contributed by atoms with van der Waals surface area (Å²) in [6, 6.07) is 11.4. The van der Waals surface area contributed by atoms with E-state index in [1.54, 1.807) is 24.3 Å². The zero-order valence-electron chi connectivity index (χ0n) is 14.5. The van der Waals surface area contributed by atoms with Crippen molar-refractivity contribution >= 4 is 33.2 Å². The Morgan fingerprint density at radius 2 is 1.81 bits per heavy atom. The monoisotopic (exact) mass is 392 g/mol. The standard InChI is InChI=1S/C19H21ClN2O3S/c1-14-8-9-16(13-18(14)20)21-19(23)15-6-5-7-17(12-15)26(24,25)22-10-3-2-4-11-22/h5-9,12-13H,2-4,10-11H2,1H3,(H,21,23). The van der Waals surface area contributed by atoms with Crippen LogP contribution in [0.15, 0.2) is 47.4 Å². The summed E-state index contributed by atoms with van der Waals surface area (Å²) in [5.41, 5.74) is 1.77. The van der Waals surface area contributed by atoms with Gasteiger partial charge in [-0.1, -0.05) is 30.2 Å². The maximum atomic E-state index is 12.8. The second-order valence-corrected chi connectivity index (χ2v) is 8.76. The van der Waals surface area contributed by atoms with Crippen molar-refractivity contribution in [2.75, 3.05) is 18.4 Å². The van der Waals surface area contributed by atoms with Gasteiger partial charge in [-0.05, 0) is 55.7 Å². The number of aryl methyl sites for hydroxylation is 1. The summed E-state index contributed by atoms with van der Waals surface area (Å²) < 4.78 is 27.1. The van der Waals surface area contributed by atoms with E-state index in [2.05, 4.69) is 5.32 Å². The molecule has 0 spiro atoms. The minimum absolute atomic E-state index is 0.147. The van der Waals surface area contributed by atoms with Gasteiger partial charge in [-0.15, -0.1) is 0 Å². The van der Waals surface area contributed by atoms with Crippen LogP contribution in [0.4, 0.5) is 5.69 Å². The number of piperidine rings is 1. The molecule has 1 saturated heterocycles. The topological polar surface area (TPSA) is 66.5 Å². The molecule has 2 aromatic carbocycles. The SMILES string of the molecule is Cc1ccc(NC(=O)c2cccc(S(=O)(=O)N3CCCCC3)c2)cc1Cl. The molecule has 1 fully saturated rings. The molecule has 0 radical (unpaired) electrons. The number of benzene rings is 2.